The molecule has 0 radical (unpaired) electrons. The molecule has 1 heterocycles. The number of likely N-dealkylation sites (tertiary alicyclic amines) is 1. The molecule has 1 aliphatic heterocycles. The highest BCUT2D eigenvalue weighted by Crippen LogP contribution is 2.15. The summed E-state index contributed by atoms with van der Waals surface area (Å²) in [5.41, 5.74) is 0.596. The number of urea groups is 1. The number of carbonyl (C=O) groups is 2. The predicted molar refractivity (Wildman–Crippen MR) is 80.3 cm³/mol. The van der Waals surface area contributed by atoms with Crippen molar-refractivity contribution in [3.8, 4) is 0 Å². The maximum atomic E-state index is 12.9. The molecule has 2 rings (SSSR count). The maximum Gasteiger partial charge on any atom is 0.409 e. The van der Waals surface area contributed by atoms with Gasteiger partial charge in [0.25, 0.3) is 0 Å². The molecule has 7 heteroatoms. The molecule has 1 atom stereocenters. The number of rotatable bonds is 3. The van der Waals surface area contributed by atoms with Crippen LogP contribution in [0.15, 0.2) is 24.3 Å². The number of nitrogens with zero attached hydrogens (tertiary/aromatic N) is 2. The van der Waals surface area contributed by atoms with Gasteiger partial charge in [-0.25, -0.2) is 14.0 Å². The second-order valence-corrected chi connectivity index (χ2v) is 5.12. The largest absolute Gasteiger partial charge is 0.450 e. The number of ether oxygens (including phenoxy) is 1. The van der Waals surface area contributed by atoms with E-state index in [0.29, 0.717) is 31.8 Å². The first-order valence-corrected chi connectivity index (χ1v) is 7.22. The number of nitrogens with one attached hydrogen (secondary N) is 1. The van der Waals surface area contributed by atoms with Crippen LogP contribution in [0.4, 0.5) is 19.7 Å². The molecule has 0 spiro atoms. The SMILES string of the molecule is CCOC(=O)N1CC[C@@H](NC(=O)N(C)c2ccc(F)cc2)C1. The second-order valence-electron chi connectivity index (χ2n) is 5.12. The van der Waals surface area contributed by atoms with Gasteiger partial charge >= 0.3 is 12.1 Å². The number of benzene rings is 1. The van der Waals surface area contributed by atoms with Crippen LogP contribution in [0.2, 0.25) is 0 Å². The van der Waals surface area contributed by atoms with Crippen LogP contribution in [0.25, 0.3) is 0 Å². The Balaban J connectivity index is 1.87. The van der Waals surface area contributed by atoms with Crippen molar-refractivity contribution >= 4 is 17.8 Å². The lowest BCUT2D eigenvalue weighted by Crippen LogP contribution is -2.44. The van der Waals surface area contributed by atoms with Crippen LogP contribution in [0.1, 0.15) is 13.3 Å². The lowest BCUT2D eigenvalue weighted by atomic mass is 10.2. The maximum absolute atomic E-state index is 12.9. The minimum absolute atomic E-state index is 0.111. The first-order chi connectivity index (χ1) is 10.5. The highest BCUT2D eigenvalue weighted by atomic mass is 19.1. The molecule has 120 valence electrons. The van der Waals surface area contributed by atoms with Gasteiger partial charge in [0.2, 0.25) is 0 Å². The van der Waals surface area contributed by atoms with E-state index in [2.05, 4.69) is 5.32 Å². The van der Waals surface area contributed by atoms with E-state index in [1.807, 2.05) is 0 Å². The van der Waals surface area contributed by atoms with E-state index in [1.54, 1.807) is 18.9 Å². The van der Waals surface area contributed by atoms with Crippen molar-refractivity contribution in [2.75, 3.05) is 31.6 Å². The van der Waals surface area contributed by atoms with Gasteiger partial charge in [0.15, 0.2) is 0 Å². The summed E-state index contributed by atoms with van der Waals surface area (Å²) in [6.07, 6.45) is 0.327. The quantitative estimate of drug-likeness (QED) is 0.931. The Kier molecular flexibility index (Phi) is 5.19. The lowest BCUT2D eigenvalue weighted by molar-refractivity contribution is 0.115. The van der Waals surface area contributed by atoms with Gasteiger partial charge < -0.3 is 15.0 Å². The van der Waals surface area contributed by atoms with E-state index in [1.165, 1.54) is 29.2 Å². The summed E-state index contributed by atoms with van der Waals surface area (Å²) in [6.45, 7) is 3.08. The standard InChI is InChI=1S/C15H20FN3O3/c1-3-22-15(21)19-9-8-12(10-19)17-14(20)18(2)13-6-4-11(16)5-7-13/h4-7,12H,3,8-10H2,1-2H3,(H,17,20)/t12-/m1/s1. The molecule has 0 aromatic heterocycles. The molecule has 1 saturated heterocycles. The molecular formula is C15H20FN3O3. The average Bonchev–Trinajstić information content (AvgIpc) is 2.96. The fraction of sp³-hybridized carbons (Fsp3) is 0.467. The Morgan fingerprint density at radius 2 is 2.09 bits per heavy atom. The van der Waals surface area contributed by atoms with Gasteiger partial charge in [-0.1, -0.05) is 0 Å². The zero-order chi connectivity index (χ0) is 16.1. The van der Waals surface area contributed by atoms with Gasteiger partial charge in [0.05, 0.1) is 6.61 Å². The number of hydrogen-bond acceptors (Lipinski definition) is 3. The Bertz CT molecular complexity index is 535. The van der Waals surface area contributed by atoms with Gasteiger partial charge in [0.1, 0.15) is 5.82 Å². The van der Waals surface area contributed by atoms with Crippen molar-refractivity contribution in [3.05, 3.63) is 30.1 Å². The van der Waals surface area contributed by atoms with Crippen LogP contribution in [-0.2, 0) is 4.74 Å². The van der Waals surface area contributed by atoms with Crippen molar-refractivity contribution in [3.63, 3.8) is 0 Å². The van der Waals surface area contributed by atoms with Crippen LogP contribution < -0.4 is 10.2 Å². The molecule has 1 N–H and O–H groups in total. The molecule has 6 nitrogen and oxygen atoms in total. The van der Waals surface area contributed by atoms with Gasteiger partial charge in [-0.15, -0.1) is 0 Å². The molecule has 1 aromatic carbocycles. The summed E-state index contributed by atoms with van der Waals surface area (Å²) in [7, 11) is 1.61. The Morgan fingerprint density at radius 1 is 1.41 bits per heavy atom. The molecule has 0 aliphatic carbocycles. The van der Waals surface area contributed by atoms with E-state index in [-0.39, 0.29) is 24.0 Å². The van der Waals surface area contributed by atoms with Crippen molar-refractivity contribution in [2.45, 2.75) is 19.4 Å². The Hall–Kier alpha value is -2.31. The van der Waals surface area contributed by atoms with Crippen LogP contribution in [-0.4, -0.2) is 49.8 Å². The summed E-state index contributed by atoms with van der Waals surface area (Å²) in [6, 6.07) is 5.28. The van der Waals surface area contributed by atoms with Gasteiger partial charge in [0, 0.05) is 31.9 Å². The van der Waals surface area contributed by atoms with E-state index in [9.17, 15) is 14.0 Å². The monoisotopic (exact) mass is 309 g/mol. The van der Waals surface area contributed by atoms with Crippen molar-refractivity contribution in [1.82, 2.24) is 10.2 Å². The third kappa shape index (κ3) is 3.87. The summed E-state index contributed by atoms with van der Waals surface area (Å²) in [5.74, 6) is -0.349. The van der Waals surface area contributed by atoms with Crippen molar-refractivity contribution in [1.29, 1.82) is 0 Å². The van der Waals surface area contributed by atoms with Gasteiger partial charge in [-0.3, -0.25) is 4.90 Å². The fourth-order valence-electron chi connectivity index (χ4n) is 2.31. The van der Waals surface area contributed by atoms with Crippen LogP contribution in [0.5, 0.6) is 0 Å². The van der Waals surface area contributed by atoms with Crippen molar-refractivity contribution < 1.29 is 18.7 Å². The molecular weight excluding hydrogens is 289 g/mol. The number of hydrogen-bond donors (Lipinski definition) is 1. The smallest absolute Gasteiger partial charge is 0.409 e. The first-order valence-electron chi connectivity index (χ1n) is 7.22. The minimum Gasteiger partial charge on any atom is -0.450 e. The van der Waals surface area contributed by atoms with Gasteiger partial charge in [-0.05, 0) is 37.6 Å². The molecule has 0 bridgehead atoms. The first kappa shape index (κ1) is 16.1. The Labute approximate surface area is 128 Å². The summed E-state index contributed by atoms with van der Waals surface area (Å²) in [5, 5.41) is 2.86. The zero-order valence-corrected chi connectivity index (χ0v) is 12.7. The van der Waals surface area contributed by atoms with E-state index < -0.39 is 0 Å². The second kappa shape index (κ2) is 7.11. The third-order valence-electron chi connectivity index (χ3n) is 3.56. The molecule has 0 unspecified atom stereocenters. The molecule has 0 saturated carbocycles. The highest BCUT2D eigenvalue weighted by Gasteiger charge is 2.28. The topological polar surface area (TPSA) is 61.9 Å². The molecule has 1 aromatic rings. The Morgan fingerprint density at radius 3 is 2.73 bits per heavy atom. The van der Waals surface area contributed by atoms with Crippen LogP contribution in [0, 0.1) is 5.82 Å². The van der Waals surface area contributed by atoms with Crippen LogP contribution in [0.3, 0.4) is 0 Å². The minimum atomic E-state index is -0.355. The molecule has 1 fully saturated rings. The average molecular weight is 309 g/mol. The molecule has 1 aliphatic rings. The normalized spacial score (nSPS) is 17.2. The summed E-state index contributed by atoms with van der Waals surface area (Å²) < 4.78 is 17.8. The third-order valence-corrected chi connectivity index (χ3v) is 3.56. The zero-order valence-electron chi connectivity index (χ0n) is 12.7. The van der Waals surface area contributed by atoms with E-state index in [4.69, 9.17) is 4.74 Å². The molecule has 22 heavy (non-hydrogen) atoms. The van der Waals surface area contributed by atoms with E-state index in [0.717, 1.165) is 0 Å². The number of halogens is 1. The number of amides is 3. The van der Waals surface area contributed by atoms with Crippen LogP contribution >= 0.6 is 0 Å². The fourth-order valence-corrected chi connectivity index (χ4v) is 2.31. The summed E-state index contributed by atoms with van der Waals surface area (Å²) >= 11 is 0. The molecule has 3 amide bonds. The summed E-state index contributed by atoms with van der Waals surface area (Å²) in [4.78, 5) is 26.8. The predicted octanol–water partition coefficient (Wildman–Crippen LogP) is 2.20. The van der Waals surface area contributed by atoms with E-state index >= 15 is 0 Å². The van der Waals surface area contributed by atoms with Gasteiger partial charge in [-0.2, -0.15) is 0 Å². The highest BCUT2D eigenvalue weighted by molar-refractivity contribution is 5.91. The lowest BCUT2D eigenvalue weighted by Gasteiger charge is -2.21. The number of carbonyl (C=O) groups excluding carboxylic acids is 2. The van der Waals surface area contributed by atoms with Crippen molar-refractivity contribution in [2.24, 2.45) is 0 Å². The number of anilines is 1.